The van der Waals surface area contributed by atoms with Gasteiger partial charge in [-0.05, 0) is 56.0 Å². The highest BCUT2D eigenvalue weighted by molar-refractivity contribution is 8.16. The normalized spacial score (nSPS) is 20.8. The largest absolute Gasteiger partial charge is 0.466 e. The quantitative estimate of drug-likeness (QED) is 0.612. The van der Waals surface area contributed by atoms with E-state index in [1.54, 1.807) is 19.1 Å². The molecule has 3 aliphatic rings. The first-order valence-electron chi connectivity index (χ1n) is 11.2. The van der Waals surface area contributed by atoms with Crippen molar-refractivity contribution in [3.05, 3.63) is 58.0 Å². The molecule has 1 fully saturated rings. The van der Waals surface area contributed by atoms with Gasteiger partial charge in [-0.3, -0.25) is 4.79 Å². The molecule has 33 heavy (non-hydrogen) atoms. The van der Waals surface area contributed by atoms with E-state index in [4.69, 9.17) is 4.74 Å². The lowest BCUT2D eigenvalue weighted by Gasteiger charge is -2.36. The number of carbonyl (C=O) groups excluding carboxylic acids is 2. The second-order valence-electron chi connectivity index (χ2n) is 8.37. The average Bonchev–Trinajstić information content (AvgIpc) is 3.20. The number of aliphatic imine (C=N–C) groups is 1. The molecule has 0 unspecified atom stereocenters. The molecule has 1 aromatic carbocycles. The molecule has 1 saturated heterocycles. The Bertz CT molecular complexity index is 1020. The number of thioether (sulfide) groups is 1. The van der Waals surface area contributed by atoms with Gasteiger partial charge >= 0.3 is 5.97 Å². The van der Waals surface area contributed by atoms with Crippen molar-refractivity contribution in [3.63, 3.8) is 0 Å². The van der Waals surface area contributed by atoms with Crippen LogP contribution in [0.1, 0.15) is 44.2 Å². The van der Waals surface area contributed by atoms with Gasteiger partial charge in [0.05, 0.1) is 30.8 Å². The first kappa shape index (κ1) is 23.5. The van der Waals surface area contributed by atoms with E-state index in [1.165, 1.54) is 50.3 Å². The van der Waals surface area contributed by atoms with Crippen LogP contribution in [0.4, 0.5) is 4.39 Å². The van der Waals surface area contributed by atoms with Crippen LogP contribution in [0.2, 0.25) is 0 Å². The van der Waals surface area contributed by atoms with Crippen LogP contribution < -0.4 is 5.32 Å². The minimum absolute atomic E-state index is 0.0935. The predicted octanol–water partition coefficient (Wildman–Crippen LogP) is 3.57. The van der Waals surface area contributed by atoms with Crippen molar-refractivity contribution in [2.75, 3.05) is 33.3 Å². The SMILES string of the molecule is COC(=O)C1=C(C)N=C2SC=C(CC(=O)NCCN3CCCCC3)N2[C@H]1c1cccc(F)c1. The number of esters is 1. The first-order chi connectivity index (χ1) is 16.0. The summed E-state index contributed by atoms with van der Waals surface area (Å²) in [7, 11) is 1.32. The molecule has 1 aromatic rings. The van der Waals surface area contributed by atoms with Crippen LogP contribution in [0.15, 0.2) is 51.6 Å². The molecule has 3 aliphatic heterocycles. The van der Waals surface area contributed by atoms with Gasteiger partial charge in [0.15, 0.2) is 5.17 Å². The van der Waals surface area contributed by atoms with Crippen molar-refractivity contribution in [1.29, 1.82) is 0 Å². The third-order valence-electron chi connectivity index (χ3n) is 6.11. The minimum atomic E-state index is -0.622. The molecular weight excluding hydrogens is 443 g/mol. The molecule has 9 heteroatoms. The topological polar surface area (TPSA) is 74.2 Å². The summed E-state index contributed by atoms with van der Waals surface area (Å²) in [6.07, 6.45) is 3.85. The van der Waals surface area contributed by atoms with Crippen LogP contribution >= 0.6 is 11.8 Å². The van der Waals surface area contributed by atoms with Gasteiger partial charge in [0, 0.05) is 18.8 Å². The standard InChI is InChI=1S/C24H29FN4O3S/c1-16-21(23(31)32-2)22(17-7-6-8-18(25)13-17)29-19(15-33-24(29)27-16)14-20(30)26-9-12-28-10-4-3-5-11-28/h6-8,13,15,22H,3-5,9-12,14H2,1-2H3,(H,26,30)/t22-/m0/s1. The number of hydrogen-bond acceptors (Lipinski definition) is 7. The lowest BCUT2D eigenvalue weighted by Crippen LogP contribution is -2.39. The molecule has 0 radical (unpaired) electrons. The molecule has 0 aliphatic carbocycles. The molecule has 0 bridgehead atoms. The maximum Gasteiger partial charge on any atom is 0.338 e. The number of rotatable bonds is 7. The van der Waals surface area contributed by atoms with Crippen molar-refractivity contribution in [1.82, 2.24) is 15.1 Å². The Morgan fingerprint density at radius 2 is 2.06 bits per heavy atom. The van der Waals surface area contributed by atoms with Gasteiger partial charge in [-0.15, -0.1) is 0 Å². The van der Waals surface area contributed by atoms with Gasteiger partial charge in [-0.1, -0.05) is 30.3 Å². The Balaban J connectivity index is 1.51. The van der Waals surface area contributed by atoms with Crippen molar-refractivity contribution in [2.24, 2.45) is 4.99 Å². The molecule has 0 spiro atoms. The minimum Gasteiger partial charge on any atom is -0.466 e. The van der Waals surface area contributed by atoms with Gasteiger partial charge in [0.25, 0.3) is 0 Å². The van der Waals surface area contributed by atoms with E-state index in [1.807, 2.05) is 10.3 Å². The highest BCUT2D eigenvalue weighted by Crippen LogP contribution is 2.44. The van der Waals surface area contributed by atoms with Gasteiger partial charge < -0.3 is 19.9 Å². The fourth-order valence-electron chi connectivity index (χ4n) is 4.50. The second-order valence-corrected chi connectivity index (χ2v) is 9.21. The molecule has 4 rings (SSSR count). The van der Waals surface area contributed by atoms with Gasteiger partial charge in [-0.2, -0.15) is 0 Å². The van der Waals surface area contributed by atoms with E-state index in [-0.39, 0.29) is 12.3 Å². The summed E-state index contributed by atoms with van der Waals surface area (Å²) in [5.74, 6) is -1.01. The fraction of sp³-hybridized carbons (Fsp3) is 0.458. The number of nitrogens with one attached hydrogen (secondary N) is 1. The Kier molecular flexibility index (Phi) is 7.49. The number of ether oxygens (including phenoxy) is 1. The summed E-state index contributed by atoms with van der Waals surface area (Å²) in [5.41, 5.74) is 2.18. The summed E-state index contributed by atoms with van der Waals surface area (Å²) < 4.78 is 19.1. The van der Waals surface area contributed by atoms with Crippen LogP contribution in [-0.4, -0.2) is 60.1 Å². The highest BCUT2D eigenvalue weighted by Gasteiger charge is 2.41. The van der Waals surface area contributed by atoms with Gasteiger partial charge in [0.1, 0.15) is 5.82 Å². The number of fused-ring (bicyclic) bond motifs is 1. The monoisotopic (exact) mass is 472 g/mol. The molecule has 7 nitrogen and oxygen atoms in total. The zero-order valence-corrected chi connectivity index (χ0v) is 19.8. The van der Waals surface area contributed by atoms with Crippen molar-refractivity contribution < 1.29 is 18.7 Å². The van der Waals surface area contributed by atoms with Crippen LogP contribution in [0.3, 0.4) is 0 Å². The molecular formula is C24H29FN4O3S. The van der Waals surface area contributed by atoms with Crippen LogP contribution in [0, 0.1) is 5.82 Å². The zero-order chi connectivity index (χ0) is 23.4. The summed E-state index contributed by atoms with van der Waals surface area (Å²) in [4.78, 5) is 34.2. The van der Waals surface area contributed by atoms with E-state index in [2.05, 4.69) is 15.2 Å². The lowest BCUT2D eigenvalue weighted by atomic mass is 9.94. The second kappa shape index (κ2) is 10.5. The third-order valence-corrected chi connectivity index (χ3v) is 7.00. The number of piperidine rings is 1. The Morgan fingerprint density at radius 1 is 1.27 bits per heavy atom. The molecule has 176 valence electrons. The van der Waals surface area contributed by atoms with Crippen LogP contribution in [-0.2, 0) is 14.3 Å². The Morgan fingerprint density at radius 3 is 2.79 bits per heavy atom. The van der Waals surface area contributed by atoms with Crippen LogP contribution in [0.5, 0.6) is 0 Å². The highest BCUT2D eigenvalue weighted by atomic mass is 32.2. The number of amides is 1. The fourth-order valence-corrected chi connectivity index (χ4v) is 5.46. The zero-order valence-electron chi connectivity index (χ0n) is 19.0. The average molecular weight is 473 g/mol. The number of amidine groups is 1. The maximum absolute atomic E-state index is 14.1. The van der Waals surface area contributed by atoms with Gasteiger partial charge in [0.2, 0.25) is 5.91 Å². The number of hydrogen-bond donors (Lipinski definition) is 1. The van der Waals surface area contributed by atoms with Crippen molar-refractivity contribution in [2.45, 2.75) is 38.6 Å². The Hall–Kier alpha value is -2.65. The number of carbonyl (C=O) groups is 2. The van der Waals surface area contributed by atoms with Crippen molar-refractivity contribution >= 4 is 28.8 Å². The summed E-state index contributed by atoms with van der Waals surface area (Å²) >= 11 is 1.40. The third kappa shape index (κ3) is 5.30. The maximum atomic E-state index is 14.1. The number of likely N-dealkylation sites (tertiary alicyclic amines) is 1. The van der Waals surface area contributed by atoms with E-state index in [9.17, 15) is 14.0 Å². The predicted molar refractivity (Wildman–Crippen MR) is 127 cm³/mol. The number of halogens is 1. The summed E-state index contributed by atoms with van der Waals surface area (Å²) in [5, 5.41) is 5.54. The Labute approximate surface area is 197 Å². The van der Waals surface area contributed by atoms with Crippen LogP contribution in [0.25, 0.3) is 0 Å². The summed E-state index contributed by atoms with van der Waals surface area (Å²) in [6.45, 7) is 5.36. The van der Waals surface area contributed by atoms with E-state index in [0.717, 1.165) is 25.3 Å². The molecule has 3 heterocycles. The first-order valence-corrected chi connectivity index (χ1v) is 12.1. The van der Waals surface area contributed by atoms with E-state index < -0.39 is 17.8 Å². The number of nitrogens with zero attached hydrogens (tertiary/aromatic N) is 3. The van der Waals surface area contributed by atoms with E-state index >= 15 is 0 Å². The molecule has 0 aromatic heterocycles. The van der Waals surface area contributed by atoms with Gasteiger partial charge in [-0.25, -0.2) is 14.2 Å². The molecule has 1 N–H and O–H groups in total. The molecule has 1 atom stereocenters. The number of methoxy groups -OCH3 is 1. The molecule has 0 saturated carbocycles. The molecule has 1 amide bonds. The van der Waals surface area contributed by atoms with Crippen molar-refractivity contribution in [3.8, 4) is 0 Å². The van der Waals surface area contributed by atoms with E-state index in [0.29, 0.717) is 28.5 Å². The summed E-state index contributed by atoms with van der Waals surface area (Å²) in [6, 6.07) is 5.53. The number of benzene rings is 1. The smallest absolute Gasteiger partial charge is 0.338 e. The lowest BCUT2D eigenvalue weighted by molar-refractivity contribution is -0.136. The number of allylic oxidation sites excluding steroid dienone is 1.